The predicted molar refractivity (Wildman–Crippen MR) is 52.6 cm³/mol. The van der Waals surface area contributed by atoms with E-state index in [1.54, 1.807) is 0 Å². The molecule has 1 saturated heterocycles. The number of hydrogen-bond acceptors (Lipinski definition) is 4. The first-order valence-electron chi connectivity index (χ1n) is 5.14. The molecule has 3 N–H and O–H groups in total. The Hall–Kier alpha value is -1.35. The van der Waals surface area contributed by atoms with Crippen LogP contribution in [0.2, 0.25) is 0 Å². The zero-order chi connectivity index (χ0) is 13.9. The van der Waals surface area contributed by atoms with Crippen molar-refractivity contribution in [2.75, 3.05) is 26.3 Å². The van der Waals surface area contributed by atoms with Crippen molar-refractivity contribution in [2.45, 2.75) is 12.2 Å². The Kier molecular flexibility index (Phi) is 4.52. The molecule has 6 nitrogen and oxygen atoms in total. The molecule has 104 valence electrons. The van der Waals surface area contributed by atoms with Crippen LogP contribution in [-0.2, 0) is 14.3 Å². The highest BCUT2D eigenvalue weighted by Crippen LogP contribution is 2.28. The molecule has 1 aliphatic heterocycles. The van der Waals surface area contributed by atoms with Crippen LogP contribution in [0.4, 0.5) is 13.2 Å². The molecule has 0 aromatic carbocycles. The van der Waals surface area contributed by atoms with Crippen LogP contribution < -0.4 is 5.73 Å². The molecule has 0 spiro atoms. The fourth-order valence-corrected chi connectivity index (χ4v) is 1.67. The lowest BCUT2D eigenvalue weighted by atomic mass is 10.1. The van der Waals surface area contributed by atoms with Crippen LogP contribution in [0.15, 0.2) is 0 Å². The van der Waals surface area contributed by atoms with E-state index in [9.17, 15) is 22.8 Å². The molecule has 1 heterocycles. The molecule has 0 aromatic rings. The Morgan fingerprint density at radius 1 is 1.50 bits per heavy atom. The Labute approximate surface area is 100 Å². The van der Waals surface area contributed by atoms with Gasteiger partial charge in [-0.05, 0) is 0 Å². The highest BCUT2D eigenvalue weighted by molar-refractivity contribution is 5.80. The quantitative estimate of drug-likeness (QED) is 0.714. The van der Waals surface area contributed by atoms with Crippen LogP contribution in [0, 0.1) is 5.92 Å². The molecular weight excluding hydrogens is 257 g/mol. The average Bonchev–Trinajstić information content (AvgIpc) is 2.24. The van der Waals surface area contributed by atoms with Crippen molar-refractivity contribution in [1.29, 1.82) is 0 Å². The average molecular weight is 270 g/mol. The third-order valence-electron chi connectivity index (χ3n) is 2.68. The molecule has 1 amide bonds. The van der Waals surface area contributed by atoms with E-state index in [4.69, 9.17) is 15.6 Å². The Bertz CT molecular complexity index is 334. The second-order valence-electron chi connectivity index (χ2n) is 3.92. The van der Waals surface area contributed by atoms with E-state index in [0.717, 1.165) is 4.90 Å². The molecule has 0 aliphatic carbocycles. The van der Waals surface area contributed by atoms with Crippen molar-refractivity contribution in [1.82, 2.24) is 4.90 Å². The van der Waals surface area contributed by atoms with Crippen LogP contribution in [-0.4, -0.2) is 60.4 Å². The molecule has 2 unspecified atom stereocenters. The van der Waals surface area contributed by atoms with Gasteiger partial charge in [0.05, 0.1) is 13.2 Å². The summed E-state index contributed by atoms with van der Waals surface area (Å²) in [5.41, 5.74) is 5.03. The number of hydrogen-bond donors (Lipinski definition) is 2. The Morgan fingerprint density at radius 2 is 2.11 bits per heavy atom. The molecule has 18 heavy (non-hydrogen) atoms. The molecule has 0 saturated carbocycles. The number of morpholine rings is 1. The predicted octanol–water partition coefficient (Wildman–Crippen LogP) is -0.564. The lowest BCUT2D eigenvalue weighted by molar-refractivity contribution is -0.199. The van der Waals surface area contributed by atoms with Gasteiger partial charge in [-0.3, -0.25) is 14.5 Å². The van der Waals surface area contributed by atoms with Gasteiger partial charge in [-0.25, -0.2) is 0 Å². The molecule has 2 atom stereocenters. The van der Waals surface area contributed by atoms with Crippen molar-refractivity contribution < 1.29 is 32.6 Å². The number of aliphatic carboxylic acids is 1. The summed E-state index contributed by atoms with van der Waals surface area (Å²) in [6.45, 7) is -0.767. The van der Waals surface area contributed by atoms with Crippen molar-refractivity contribution in [3.05, 3.63) is 0 Å². The van der Waals surface area contributed by atoms with Gasteiger partial charge in [0.2, 0.25) is 5.91 Å². The van der Waals surface area contributed by atoms with E-state index >= 15 is 0 Å². The smallest absolute Gasteiger partial charge is 0.403 e. The third-order valence-corrected chi connectivity index (χ3v) is 2.68. The number of ether oxygens (including phenoxy) is 1. The maximum absolute atomic E-state index is 12.5. The molecular formula is C9H13F3N2O4. The number of primary amides is 1. The van der Waals surface area contributed by atoms with Crippen LogP contribution in [0.25, 0.3) is 0 Å². The monoisotopic (exact) mass is 270 g/mol. The Morgan fingerprint density at radius 3 is 2.56 bits per heavy atom. The van der Waals surface area contributed by atoms with Crippen LogP contribution in [0.5, 0.6) is 0 Å². The first-order valence-corrected chi connectivity index (χ1v) is 5.14. The number of rotatable bonds is 4. The lowest BCUT2D eigenvalue weighted by Crippen LogP contribution is -2.55. The molecule has 1 rings (SSSR count). The van der Waals surface area contributed by atoms with E-state index in [-0.39, 0.29) is 19.8 Å². The third kappa shape index (κ3) is 3.57. The van der Waals surface area contributed by atoms with E-state index in [0.29, 0.717) is 0 Å². The summed E-state index contributed by atoms with van der Waals surface area (Å²) >= 11 is 0. The largest absolute Gasteiger partial charge is 0.481 e. The van der Waals surface area contributed by atoms with Gasteiger partial charge in [0.25, 0.3) is 0 Å². The summed E-state index contributed by atoms with van der Waals surface area (Å²) in [5.74, 6) is -5.35. The van der Waals surface area contributed by atoms with Gasteiger partial charge in [0.15, 0.2) is 5.92 Å². The van der Waals surface area contributed by atoms with E-state index in [1.807, 2.05) is 0 Å². The summed E-state index contributed by atoms with van der Waals surface area (Å²) < 4.78 is 42.4. The number of carbonyl (C=O) groups excluding carboxylic acids is 1. The fourth-order valence-electron chi connectivity index (χ4n) is 1.67. The second-order valence-corrected chi connectivity index (χ2v) is 3.92. The van der Waals surface area contributed by atoms with Crippen molar-refractivity contribution in [3.8, 4) is 0 Å². The van der Waals surface area contributed by atoms with Gasteiger partial charge in [0, 0.05) is 13.1 Å². The number of nitrogens with zero attached hydrogens (tertiary/aromatic N) is 1. The minimum absolute atomic E-state index is 0.0352. The topological polar surface area (TPSA) is 92.9 Å². The normalized spacial score (nSPS) is 23.6. The van der Waals surface area contributed by atoms with E-state index in [1.165, 1.54) is 0 Å². The van der Waals surface area contributed by atoms with Crippen LogP contribution in [0.3, 0.4) is 0 Å². The number of nitrogens with two attached hydrogens (primary N) is 1. The summed E-state index contributed by atoms with van der Waals surface area (Å²) in [4.78, 5) is 22.7. The van der Waals surface area contributed by atoms with Crippen molar-refractivity contribution in [3.63, 3.8) is 0 Å². The van der Waals surface area contributed by atoms with Gasteiger partial charge >= 0.3 is 12.1 Å². The zero-order valence-electron chi connectivity index (χ0n) is 9.31. The molecule has 0 radical (unpaired) electrons. The summed E-state index contributed by atoms with van der Waals surface area (Å²) in [5, 5.41) is 8.57. The summed E-state index contributed by atoms with van der Waals surface area (Å²) in [6.07, 6.45) is -4.87. The van der Waals surface area contributed by atoms with E-state index in [2.05, 4.69) is 0 Å². The number of amides is 1. The first-order chi connectivity index (χ1) is 8.23. The maximum Gasteiger partial charge on any atom is 0.403 e. The standard InChI is InChI=1S/C9H13F3N2O4/c10-9(11,12)5(8(16)17)3-14-1-2-18-4-6(14)7(13)15/h5-6H,1-4H2,(H2,13,15)(H,16,17). The van der Waals surface area contributed by atoms with Gasteiger partial charge < -0.3 is 15.6 Å². The van der Waals surface area contributed by atoms with Gasteiger partial charge in [-0.15, -0.1) is 0 Å². The van der Waals surface area contributed by atoms with Crippen molar-refractivity contribution >= 4 is 11.9 Å². The second kappa shape index (κ2) is 5.53. The number of carbonyl (C=O) groups is 2. The van der Waals surface area contributed by atoms with Crippen molar-refractivity contribution in [2.24, 2.45) is 11.7 Å². The number of carboxylic acid groups (broad SMARTS) is 1. The van der Waals surface area contributed by atoms with E-state index < -0.39 is 36.6 Å². The summed E-state index contributed by atoms with van der Waals surface area (Å²) in [7, 11) is 0. The van der Waals surface area contributed by atoms with Gasteiger partial charge in [-0.1, -0.05) is 0 Å². The minimum atomic E-state index is -4.87. The molecule has 9 heteroatoms. The van der Waals surface area contributed by atoms with Gasteiger partial charge in [0.1, 0.15) is 6.04 Å². The molecule has 1 fully saturated rings. The minimum Gasteiger partial charge on any atom is -0.481 e. The number of alkyl halides is 3. The molecule has 0 aromatic heterocycles. The molecule has 0 bridgehead atoms. The van der Waals surface area contributed by atoms with Gasteiger partial charge in [-0.2, -0.15) is 13.2 Å². The fraction of sp³-hybridized carbons (Fsp3) is 0.778. The zero-order valence-corrected chi connectivity index (χ0v) is 9.31. The number of carboxylic acids is 1. The van der Waals surface area contributed by atoms with Crippen LogP contribution in [0.1, 0.15) is 0 Å². The molecule has 1 aliphatic rings. The highest BCUT2D eigenvalue weighted by Gasteiger charge is 2.47. The number of halogens is 3. The highest BCUT2D eigenvalue weighted by atomic mass is 19.4. The maximum atomic E-state index is 12.5. The lowest BCUT2D eigenvalue weighted by Gasteiger charge is -2.35. The summed E-state index contributed by atoms with van der Waals surface area (Å²) in [6, 6.07) is -1.03. The Balaban J connectivity index is 2.78. The SMILES string of the molecule is NC(=O)C1COCCN1CC(C(=O)O)C(F)(F)F. The van der Waals surface area contributed by atoms with Crippen LogP contribution >= 0.6 is 0 Å². The first kappa shape index (κ1) is 14.7.